The summed E-state index contributed by atoms with van der Waals surface area (Å²) in [7, 11) is 4.54. The number of aliphatic hydroxyl groups is 2. The summed E-state index contributed by atoms with van der Waals surface area (Å²) in [4.78, 5) is 2.25. The summed E-state index contributed by atoms with van der Waals surface area (Å²) in [5.41, 5.74) is 3.50. The first-order valence-corrected chi connectivity index (χ1v) is 9.83. The summed E-state index contributed by atoms with van der Waals surface area (Å²) in [6.45, 7) is 2.42. The van der Waals surface area contributed by atoms with Gasteiger partial charge in [-0.25, -0.2) is 0 Å². The van der Waals surface area contributed by atoms with Crippen molar-refractivity contribution in [3.63, 3.8) is 0 Å². The van der Waals surface area contributed by atoms with Gasteiger partial charge in [-0.15, -0.1) is 0 Å². The zero-order chi connectivity index (χ0) is 23.2. The average Bonchev–Trinajstić information content (AvgIpc) is 2.86. The molecule has 0 aliphatic heterocycles. The molecule has 170 valence electrons. The van der Waals surface area contributed by atoms with E-state index in [4.69, 9.17) is 10.2 Å². The number of methoxy groups -OCH3 is 3. The molecule has 3 rings (SSSR count). The Hall–Kier alpha value is -2.74. The molecule has 3 aromatic carbocycles. The molecule has 0 atom stereocenters. The van der Waals surface area contributed by atoms with Crippen LogP contribution in [0.25, 0.3) is 0 Å². The number of anilines is 3. The summed E-state index contributed by atoms with van der Waals surface area (Å²) < 4.78 is 12.7. The fraction of sp³-hybridized carbons (Fsp3) is 0.280. The van der Waals surface area contributed by atoms with Crippen LogP contribution in [0.5, 0.6) is 0 Å². The van der Waals surface area contributed by atoms with Gasteiger partial charge in [0.05, 0.1) is 0 Å². The largest absolute Gasteiger partial charge is 0.385 e. The van der Waals surface area contributed by atoms with E-state index in [1.165, 1.54) is 31.3 Å². The predicted octanol–water partition coefficient (Wildman–Crippen LogP) is 4.97. The van der Waals surface area contributed by atoms with Crippen molar-refractivity contribution in [2.24, 2.45) is 0 Å². The van der Waals surface area contributed by atoms with Crippen molar-refractivity contribution in [3.05, 3.63) is 91.0 Å². The van der Waals surface area contributed by atoms with Gasteiger partial charge in [0.1, 0.15) is 13.6 Å². The number of benzene rings is 3. The minimum atomic E-state index is -0.181. The van der Waals surface area contributed by atoms with E-state index < -0.39 is 0 Å². The lowest BCUT2D eigenvalue weighted by molar-refractivity contribution is 0.0322. The summed E-state index contributed by atoms with van der Waals surface area (Å²) in [6.07, 6.45) is 0. The second-order valence-electron chi connectivity index (χ2n) is 5.75. The predicted molar refractivity (Wildman–Crippen MR) is 127 cm³/mol. The maximum Gasteiger partial charge on any atom is 0.143 e. The van der Waals surface area contributed by atoms with Gasteiger partial charge in [0.2, 0.25) is 0 Å². The van der Waals surface area contributed by atoms with Gasteiger partial charge in [0, 0.05) is 45.0 Å². The molecule has 31 heavy (non-hydrogen) atoms. The van der Waals surface area contributed by atoms with E-state index in [1.807, 2.05) is 25.1 Å². The maximum atomic E-state index is 7.65. The van der Waals surface area contributed by atoms with Gasteiger partial charge < -0.3 is 29.3 Å². The standard InChI is InChI=1S/C18H15N.C3H8O.2C2H6O2/c1-4-10-16(11-5-1)19(17-12-6-2-7-13-17)18-14-8-3-9-15-18;1-3-4-2;2*1-4-2-3/h1-15H;3H2,1-2H3;2*3H,2H2,1H3. The number of aliphatic hydroxyl groups excluding tert-OH is 2. The second-order valence-corrected chi connectivity index (χ2v) is 5.75. The molecule has 6 heteroatoms. The van der Waals surface area contributed by atoms with Crippen LogP contribution in [0.3, 0.4) is 0 Å². The van der Waals surface area contributed by atoms with Crippen LogP contribution in [0, 0.1) is 0 Å². The zero-order valence-electron chi connectivity index (χ0n) is 18.8. The first kappa shape index (κ1) is 28.3. The molecule has 6 nitrogen and oxygen atoms in total. The van der Waals surface area contributed by atoms with Crippen LogP contribution in [0.15, 0.2) is 91.0 Å². The minimum absolute atomic E-state index is 0.181. The number of hydrogen-bond donors (Lipinski definition) is 2. The summed E-state index contributed by atoms with van der Waals surface area (Å²) in [6, 6.07) is 31.3. The topological polar surface area (TPSA) is 71.4 Å². The maximum absolute atomic E-state index is 7.65. The third-order valence-corrected chi connectivity index (χ3v) is 3.59. The molecule has 0 bridgehead atoms. The number of para-hydroxylation sites is 3. The highest BCUT2D eigenvalue weighted by molar-refractivity contribution is 5.76. The van der Waals surface area contributed by atoms with E-state index in [9.17, 15) is 0 Å². The highest BCUT2D eigenvalue weighted by Crippen LogP contribution is 2.33. The molecule has 0 amide bonds. The lowest BCUT2D eigenvalue weighted by Gasteiger charge is -2.25. The van der Waals surface area contributed by atoms with E-state index in [0.717, 1.165) is 6.61 Å². The normalized spacial score (nSPS) is 9.10. The van der Waals surface area contributed by atoms with Gasteiger partial charge in [-0.3, -0.25) is 0 Å². The molecular weight excluding hydrogens is 394 g/mol. The van der Waals surface area contributed by atoms with Crippen LogP contribution in [-0.4, -0.2) is 51.7 Å². The third-order valence-electron chi connectivity index (χ3n) is 3.59. The van der Waals surface area contributed by atoms with Crippen LogP contribution in [-0.2, 0) is 14.2 Å². The van der Waals surface area contributed by atoms with Crippen LogP contribution in [0.4, 0.5) is 17.1 Å². The summed E-state index contributed by atoms with van der Waals surface area (Å²) in [5.74, 6) is 0. The average molecular weight is 430 g/mol. The van der Waals surface area contributed by atoms with Gasteiger partial charge in [0.25, 0.3) is 0 Å². The van der Waals surface area contributed by atoms with Crippen LogP contribution in [0.1, 0.15) is 6.92 Å². The second kappa shape index (κ2) is 20.5. The summed E-state index contributed by atoms with van der Waals surface area (Å²) in [5, 5.41) is 15.3. The van der Waals surface area contributed by atoms with Crippen molar-refractivity contribution in [2.45, 2.75) is 6.92 Å². The van der Waals surface area contributed by atoms with Gasteiger partial charge in [-0.1, -0.05) is 54.6 Å². The molecule has 0 saturated carbocycles. The molecule has 0 fully saturated rings. The molecule has 0 aliphatic rings. The van der Waals surface area contributed by atoms with E-state index in [1.54, 1.807) is 7.11 Å². The fourth-order valence-corrected chi connectivity index (χ4v) is 2.18. The van der Waals surface area contributed by atoms with E-state index in [0.29, 0.717) is 0 Å². The Morgan fingerprint density at radius 1 is 0.548 bits per heavy atom. The number of ether oxygens (including phenoxy) is 3. The Morgan fingerprint density at radius 3 is 0.935 bits per heavy atom. The fourth-order valence-electron chi connectivity index (χ4n) is 2.18. The lowest BCUT2D eigenvalue weighted by atomic mass is 10.2. The SMILES string of the molecule is CCOC.COCO.COCO.c1ccc(N(c2ccccc2)c2ccccc2)cc1. The van der Waals surface area contributed by atoms with Gasteiger partial charge >= 0.3 is 0 Å². The third kappa shape index (κ3) is 13.2. The first-order chi connectivity index (χ1) is 15.2. The summed E-state index contributed by atoms with van der Waals surface area (Å²) >= 11 is 0. The Bertz CT molecular complexity index is 617. The van der Waals surface area contributed by atoms with Crippen molar-refractivity contribution < 1.29 is 24.4 Å². The number of hydrogen-bond acceptors (Lipinski definition) is 6. The van der Waals surface area contributed by atoms with Crippen molar-refractivity contribution in [2.75, 3.05) is 46.4 Å². The van der Waals surface area contributed by atoms with Crippen LogP contribution < -0.4 is 4.90 Å². The Labute approximate surface area is 186 Å². The lowest BCUT2D eigenvalue weighted by Crippen LogP contribution is -2.09. The zero-order valence-corrected chi connectivity index (χ0v) is 18.8. The quantitative estimate of drug-likeness (QED) is 0.539. The van der Waals surface area contributed by atoms with E-state index in [2.05, 4.69) is 91.9 Å². The molecule has 0 heterocycles. The highest BCUT2D eigenvalue weighted by Gasteiger charge is 2.10. The molecule has 0 unspecified atom stereocenters. The van der Waals surface area contributed by atoms with Crippen LogP contribution >= 0.6 is 0 Å². The van der Waals surface area contributed by atoms with Crippen molar-refractivity contribution >= 4 is 17.1 Å². The van der Waals surface area contributed by atoms with E-state index in [-0.39, 0.29) is 13.6 Å². The molecular formula is C25H35NO5. The molecule has 2 N–H and O–H groups in total. The monoisotopic (exact) mass is 429 g/mol. The smallest absolute Gasteiger partial charge is 0.143 e. The molecule has 0 aliphatic carbocycles. The molecule has 0 spiro atoms. The van der Waals surface area contributed by atoms with Crippen LogP contribution in [0.2, 0.25) is 0 Å². The molecule has 3 aromatic rings. The Kier molecular flexibility index (Phi) is 18.7. The van der Waals surface area contributed by atoms with Gasteiger partial charge in [-0.05, 0) is 43.3 Å². The Balaban J connectivity index is 0.000000625. The highest BCUT2D eigenvalue weighted by atomic mass is 16.6. The molecule has 0 saturated heterocycles. The van der Waals surface area contributed by atoms with Crippen molar-refractivity contribution in [1.29, 1.82) is 0 Å². The molecule has 0 radical (unpaired) electrons. The van der Waals surface area contributed by atoms with Crippen molar-refractivity contribution in [3.8, 4) is 0 Å². The van der Waals surface area contributed by atoms with Gasteiger partial charge in [0.15, 0.2) is 0 Å². The minimum Gasteiger partial charge on any atom is -0.385 e. The molecule has 0 aromatic heterocycles. The first-order valence-electron chi connectivity index (χ1n) is 9.83. The van der Waals surface area contributed by atoms with E-state index >= 15 is 0 Å². The van der Waals surface area contributed by atoms with Gasteiger partial charge in [-0.2, -0.15) is 0 Å². The number of rotatable bonds is 6. The number of nitrogens with zero attached hydrogens (tertiary/aromatic N) is 1. The Morgan fingerprint density at radius 2 is 0.774 bits per heavy atom. The van der Waals surface area contributed by atoms with Crippen molar-refractivity contribution in [1.82, 2.24) is 0 Å².